The summed E-state index contributed by atoms with van der Waals surface area (Å²) in [7, 11) is 3.21. The lowest BCUT2D eigenvalue weighted by Gasteiger charge is -1.92. The molecule has 0 fully saturated rings. The first-order chi connectivity index (χ1) is 4.74. The van der Waals surface area contributed by atoms with Crippen molar-refractivity contribution in [3.8, 4) is 5.88 Å². The highest BCUT2D eigenvalue weighted by molar-refractivity contribution is 5.13. The molecule has 0 N–H and O–H groups in total. The molecule has 0 amide bonds. The van der Waals surface area contributed by atoms with E-state index in [1.54, 1.807) is 6.07 Å². The normalized spacial score (nSPS) is 10.4. The van der Waals surface area contributed by atoms with E-state index < -0.39 is 0 Å². The molecule has 1 aromatic rings. The van der Waals surface area contributed by atoms with Gasteiger partial charge in [0.25, 0.3) is 5.88 Å². The highest BCUT2D eigenvalue weighted by atomic mass is 16.5. The maximum Gasteiger partial charge on any atom is 0.254 e. The summed E-state index contributed by atoms with van der Waals surface area (Å²) in [5.41, 5.74) is 0. The minimum atomic E-state index is 0.344. The van der Waals surface area contributed by atoms with Crippen molar-refractivity contribution in [3.05, 3.63) is 18.9 Å². The van der Waals surface area contributed by atoms with Crippen molar-refractivity contribution in [2.75, 3.05) is 0 Å². The fourth-order valence-corrected chi connectivity index (χ4v) is 0.612. The van der Waals surface area contributed by atoms with Crippen LogP contribution >= 0.6 is 0 Å². The lowest BCUT2D eigenvalue weighted by molar-refractivity contribution is 0.337. The predicted octanol–water partition coefficient (Wildman–Crippen LogP) is 1.97. The van der Waals surface area contributed by atoms with E-state index in [4.69, 9.17) is 4.52 Å². The number of hydrogen-bond acceptors (Lipinski definition) is 3. The fraction of sp³-hybridized carbons (Fsp3) is 0.429. The third kappa shape index (κ3) is 1.29. The average molecular weight is 140 g/mol. The first-order valence-corrected chi connectivity index (χ1v) is 3.12. The van der Waals surface area contributed by atoms with Crippen LogP contribution in [0.25, 0.3) is 0 Å². The van der Waals surface area contributed by atoms with Crippen LogP contribution in [0, 0.1) is 7.11 Å². The van der Waals surface area contributed by atoms with Gasteiger partial charge >= 0.3 is 0 Å². The van der Waals surface area contributed by atoms with E-state index in [1.807, 2.05) is 13.8 Å². The highest BCUT2D eigenvalue weighted by Gasteiger charge is 2.06. The van der Waals surface area contributed by atoms with Crippen molar-refractivity contribution in [2.45, 2.75) is 19.8 Å². The van der Waals surface area contributed by atoms with Crippen LogP contribution in [-0.2, 0) is 0 Å². The van der Waals surface area contributed by atoms with Crippen LogP contribution in [-0.4, -0.2) is 5.16 Å². The third-order valence-electron chi connectivity index (χ3n) is 1.22. The van der Waals surface area contributed by atoms with E-state index in [0.717, 1.165) is 5.76 Å². The van der Waals surface area contributed by atoms with Gasteiger partial charge in [-0.15, -0.1) is 0 Å². The first kappa shape index (κ1) is 7.12. The first-order valence-electron chi connectivity index (χ1n) is 3.12. The summed E-state index contributed by atoms with van der Waals surface area (Å²) in [6.07, 6.45) is 0. The van der Waals surface area contributed by atoms with Crippen LogP contribution in [0.5, 0.6) is 5.88 Å². The Balaban J connectivity index is 2.78. The quantitative estimate of drug-likeness (QED) is 0.630. The molecule has 3 nitrogen and oxygen atoms in total. The van der Waals surface area contributed by atoms with Crippen molar-refractivity contribution >= 4 is 0 Å². The van der Waals surface area contributed by atoms with E-state index in [2.05, 4.69) is 17.0 Å². The summed E-state index contributed by atoms with van der Waals surface area (Å²) < 4.78 is 9.49. The van der Waals surface area contributed by atoms with Gasteiger partial charge in [0.1, 0.15) is 12.9 Å². The summed E-state index contributed by atoms with van der Waals surface area (Å²) in [5.74, 6) is 1.60. The standard InChI is InChI=1S/C7H10NO2/c1-5(2)6-4-7(9-3)8-10-6/h4-5H,3H2,1-2H3. The van der Waals surface area contributed by atoms with Crippen LogP contribution in [0.1, 0.15) is 25.5 Å². The molecule has 0 spiro atoms. The van der Waals surface area contributed by atoms with Gasteiger partial charge in [0.2, 0.25) is 0 Å². The smallest absolute Gasteiger partial charge is 0.254 e. The van der Waals surface area contributed by atoms with Crippen LogP contribution in [0.3, 0.4) is 0 Å². The van der Waals surface area contributed by atoms with E-state index in [9.17, 15) is 0 Å². The molecule has 0 atom stereocenters. The summed E-state index contributed by atoms with van der Waals surface area (Å²) in [5, 5.41) is 3.60. The molecular weight excluding hydrogens is 130 g/mol. The molecule has 1 heterocycles. The second-order valence-corrected chi connectivity index (χ2v) is 2.37. The molecular formula is C7H10NO2. The number of nitrogens with zero attached hydrogens (tertiary/aromatic N) is 1. The van der Waals surface area contributed by atoms with Gasteiger partial charge in [0, 0.05) is 12.0 Å². The largest absolute Gasteiger partial charge is 0.472 e. The summed E-state index contributed by atoms with van der Waals surface area (Å²) in [4.78, 5) is 0. The fourth-order valence-electron chi connectivity index (χ4n) is 0.612. The second kappa shape index (κ2) is 2.73. The van der Waals surface area contributed by atoms with Gasteiger partial charge in [-0.05, 0) is 5.16 Å². The molecule has 0 saturated carbocycles. The molecule has 1 aromatic heterocycles. The minimum absolute atomic E-state index is 0.344. The molecule has 0 saturated heterocycles. The Morgan fingerprint density at radius 1 is 1.70 bits per heavy atom. The molecule has 10 heavy (non-hydrogen) atoms. The van der Waals surface area contributed by atoms with Crippen LogP contribution in [0.4, 0.5) is 0 Å². The zero-order valence-corrected chi connectivity index (χ0v) is 6.13. The number of ether oxygens (including phenoxy) is 1. The van der Waals surface area contributed by atoms with Crippen molar-refractivity contribution in [2.24, 2.45) is 0 Å². The molecule has 1 radical (unpaired) electrons. The van der Waals surface area contributed by atoms with Crippen LogP contribution in [0.15, 0.2) is 10.6 Å². The number of aromatic nitrogens is 1. The monoisotopic (exact) mass is 140 g/mol. The number of rotatable bonds is 2. The van der Waals surface area contributed by atoms with Gasteiger partial charge in [0.15, 0.2) is 0 Å². The van der Waals surface area contributed by atoms with Crippen molar-refractivity contribution < 1.29 is 9.26 Å². The topological polar surface area (TPSA) is 35.3 Å². The Morgan fingerprint density at radius 3 is 2.70 bits per heavy atom. The van der Waals surface area contributed by atoms with E-state index >= 15 is 0 Å². The van der Waals surface area contributed by atoms with Gasteiger partial charge in [-0.1, -0.05) is 13.8 Å². The van der Waals surface area contributed by atoms with E-state index in [0.29, 0.717) is 11.8 Å². The summed E-state index contributed by atoms with van der Waals surface area (Å²) >= 11 is 0. The lowest BCUT2D eigenvalue weighted by atomic mass is 10.2. The van der Waals surface area contributed by atoms with Crippen molar-refractivity contribution in [1.29, 1.82) is 0 Å². The molecule has 0 unspecified atom stereocenters. The third-order valence-corrected chi connectivity index (χ3v) is 1.22. The van der Waals surface area contributed by atoms with Crippen LogP contribution < -0.4 is 4.74 Å². The number of hydrogen-bond donors (Lipinski definition) is 0. The SMILES string of the molecule is [CH2]Oc1cc(C(C)C)on1. The zero-order chi connectivity index (χ0) is 7.56. The van der Waals surface area contributed by atoms with Crippen molar-refractivity contribution in [3.63, 3.8) is 0 Å². The van der Waals surface area contributed by atoms with Gasteiger partial charge in [-0.3, -0.25) is 0 Å². The summed E-state index contributed by atoms with van der Waals surface area (Å²) in [6.45, 7) is 4.04. The predicted molar refractivity (Wildman–Crippen MR) is 36.6 cm³/mol. The van der Waals surface area contributed by atoms with Gasteiger partial charge in [-0.25, -0.2) is 0 Å². The Labute approximate surface area is 60.0 Å². The second-order valence-electron chi connectivity index (χ2n) is 2.37. The van der Waals surface area contributed by atoms with Crippen molar-refractivity contribution in [1.82, 2.24) is 5.16 Å². The maximum absolute atomic E-state index is 4.90. The van der Waals surface area contributed by atoms with E-state index in [1.165, 1.54) is 0 Å². The minimum Gasteiger partial charge on any atom is -0.472 e. The van der Waals surface area contributed by atoms with Gasteiger partial charge in [0.05, 0.1) is 0 Å². The zero-order valence-electron chi connectivity index (χ0n) is 6.13. The highest BCUT2D eigenvalue weighted by Crippen LogP contribution is 2.18. The molecule has 3 heteroatoms. The lowest BCUT2D eigenvalue weighted by Crippen LogP contribution is -1.80. The Hall–Kier alpha value is -0.990. The maximum atomic E-state index is 4.90. The van der Waals surface area contributed by atoms with Crippen LogP contribution in [0.2, 0.25) is 0 Å². The molecule has 0 aliphatic carbocycles. The molecule has 0 bridgehead atoms. The van der Waals surface area contributed by atoms with Gasteiger partial charge in [-0.2, -0.15) is 0 Å². The Kier molecular flexibility index (Phi) is 1.94. The Morgan fingerprint density at radius 2 is 2.40 bits per heavy atom. The average Bonchev–Trinajstić information content (AvgIpc) is 2.34. The summed E-state index contributed by atoms with van der Waals surface area (Å²) in [6, 6.07) is 1.73. The molecule has 0 aromatic carbocycles. The molecule has 0 aliphatic heterocycles. The molecule has 1 rings (SSSR count). The molecule has 55 valence electrons. The molecule has 0 aliphatic rings. The van der Waals surface area contributed by atoms with E-state index in [-0.39, 0.29) is 0 Å². The Bertz CT molecular complexity index is 205. The van der Waals surface area contributed by atoms with Gasteiger partial charge < -0.3 is 9.26 Å².